The van der Waals surface area contributed by atoms with E-state index >= 15 is 0 Å². The molecule has 1 aromatic carbocycles. The second-order valence-corrected chi connectivity index (χ2v) is 4.16. The van der Waals surface area contributed by atoms with Crippen molar-refractivity contribution in [3.05, 3.63) is 29.8 Å². The van der Waals surface area contributed by atoms with Gasteiger partial charge in [-0.3, -0.25) is 0 Å². The van der Waals surface area contributed by atoms with Crippen LogP contribution in [0, 0.1) is 0 Å². The SMILES string of the molecule is CCCC[C@H](O)COCc1ccc(OC)cc1. The van der Waals surface area contributed by atoms with Crippen LogP contribution in [0.5, 0.6) is 5.75 Å². The third kappa shape index (κ3) is 5.71. The zero-order chi connectivity index (χ0) is 12.5. The molecule has 0 saturated carbocycles. The number of ether oxygens (including phenoxy) is 2. The number of aliphatic hydroxyl groups is 1. The molecule has 1 atom stereocenters. The van der Waals surface area contributed by atoms with Crippen LogP contribution in [0.1, 0.15) is 31.7 Å². The normalized spacial score (nSPS) is 12.4. The van der Waals surface area contributed by atoms with Gasteiger partial charge in [-0.2, -0.15) is 0 Å². The Balaban J connectivity index is 2.21. The molecule has 1 N–H and O–H groups in total. The number of aliphatic hydroxyl groups excluding tert-OH is 1. The van der Waals surface area contributed by atoms with E-state index in [1.807, 2.05) is 24.3 Å². The molecule has 0 aliphatic rings. The summed E-state index contributed by atoms with van der Waals surface area (Å²) in [5, 5.41) is 9.60. The van der Waals surface area contributed by atoms with Crippen LogP contribution in [-0.2, 0) is 11.3 Å². The molecule has 0 aliphatic heterocycles. The molecule has 0 heterocycles. The van der Waals surface area contributed by atoms with Crippen LogP contribution in [0.25, 0.3) is 0 Å². The molecule has 0 aromatic heterocycles. The van der Waals surface area contributed by atoms with Crippen molar-refractivity contribution < 1.29 is 14.6 Å². The average molecular weight is 238 g/mol. The summed E-state index contributed by atoms with van der Waals surface area (Å²) in [4.78, 5) is 0. The fourth-order valence-corrected chi connectivity index (χ4v) is 1.56. The van der Waals surface area contributed by atoms with Gasteiger partial charge in [-0.25, -0.2) is 0 Å². The molecule has 0 saturated heterocycles. The lowest BCUT2D eigenvalue weighted by Gasteiger charge is -2.10. The smallest absolute Gasteiger partial charge is 0.118 e. The predicted molar refractivity (Wildman–Crippen MR) is 68.2 cm³/mol. The first-order chi connectivity index (χ1) is 8.26. The van der Waals surface area contributed by atoms with Gasteiger partial charge in [0, 0.05) is 0 Å². The Morgan fingerprint density at radius 1 is 1.24 bits per heavy atom. The molecule has 1 aromatic rings. The highest BCUT2D eigenvalue weighted by Crippen LogP contribution is 2.12. The number of rotatable bonds is 8. The van der Waals surface area contributed by atoms with Crippen molar-refractivity contribution in [2.24, 2.45) is 0 Å². The van der Waals surface area contributed by atoms with Gasteiger partial charge in [0.25, 0.3) is 0 Å². The Bertz CT molecular complexity index is 295. The van der Waals surface area contributed by atoms with Crippen molar-refractivity contribution in [1.82, 2.24) is 0 Å². The summed E-state index contributed by atoms with van der Waals surface area (Å²) >= 11 is 0. The maximum Gasteiger partial charge on any atom is 0.118 e. The highest BCUT2D eigenvalue weighted by molar-refractivity contribution is 5.26. The molecule has 0 aliphatic carbocycles. The Morgan fingerprint density at radius 2 is 1.94 bits per heavy atom. The molecule has 0 bridgehead atoms. The van der Waals surface area contributed by atoms with Crippen LogP contribution in [0.3, 0.4) is 0 Å². The van der Waals surface area contributed by atoms with E-state index in [-0.39, 0.29) is 6.10 Å². The fourth-order valence-electron chi connectivity index (χ4n) is 1.56. The maximum atomic E-state index is 9.60. The molecular formula is C14H22O3. The van der Waals surface area contributed by atoms with Crippen molar-refractivity contribution in [3.63, 3.8) is 0 Å². The van der Waals surface area contributed by atoms with Gasteiger partial charge in [-0.15, -0.1) is 0 Å². The van der Waals surface area contributed by atoms with Crippen LogP contribution in [0.4, 0.5) is 0 Å². The second kappa shape index (κ2) is 8.09. The second-order valence-electron chi connectivity index (χ2n) is 4.16. The van der Waals surface area contributed by atoms with Crippen LogP contribution in [0.2, 0.25) is 0 Å². The van der Waals surface area contributed by atoms with E-state index in [0.29, 0.717) is 13.2 Å². The molecule has 3 nitrogen and oxygen atoms in total. The average Bonchev–Trinajstić information content (AvgIpc) is 2.37. The molecule has 0 amide bonds. The van der Waals surface area contributed by atoms with Gasteiger partial charge in [-0.1, -0.05) is 31.9 Å². The van der Waals surface area contributed by atoms with Crippen molar-refractivity contribution in [2.75, 3.05) is 13.7 Å². The van der Waals surface area contributed by atoms with Gasteiger partial charge in [0.15, 0.2) is 0 Å². The number of unbranched alkanes of at least 4 members (excludes halogenated alkanes) is 1. The summed E-state index contributed by atoms with van der Waals surface area (Å²) < 4.78 is 10.5. The van der Waals surface area contributed by atoms with Gasteiger partial charge in [0.05, 0.1) is 26.4 Å². The van der Waals surface area contributed by atoms with Gasteiger partial charge in [0.1, 0.15) is 5.75 Å². The van der Waals surface area contributed by atoms with E-state index in [2.05, 4.69) is 6.92 Å². The lowest BCUT2D eigenvalue weighted by Crippen LogP contribution is -2.14. The van der Waals surface area contributed by atoms with Gasteiger partial charge in [0.2, 0.25) is 0 Å². The van der Waals surface area contributed by atoms with Crippen molar-refractivity contribution in [1.29, 1.82) is 0 Å². The molecule has 1 rings (SSSR count). The monoisotopic (exact) mass is 238 g/mol. The van der Waals surface area contributed by atoms with E-state index in [4.69, 9.17) is 9.47 Å². The maximum absolute atomic E-state index is 9.60. The standard InChI is InChI=1S/C14H22O3/c1-3-4-5-13(15)11-17-10-12-6-8-14(16-2)9-7-12/h6-9,13,15H,3-5,10-11H2,1-2H3/t13-/m0/s1. The highest BCUT2D eigenvalue weighted by Gasteiger charge is 2.03. The van der Waals surface area contributed by atoms with Crippen molar-refractivity contribution >= 4 is 0 Å². The summed E-state index contributed by atoms with van der Waals surface area (Å²) in [5.41, 5.74) is 1.09. The number of hydrogen-bond acceptors (Lipinski definition) is 3. The summed E-state index contributed by atoms with van der Waals surface area (Å²) in [6.45, 7) is 3.06. The Kier molecular flexibility index (Phi) is 6.67. The first kappa shape index (κ1) is 14.0. The highest BCUT2D eigenvalue weighted by atomic mass is 16.5. The molecule has 0 unspecified atom stereocenters. The lowest BCUT2D eigenvalue weighted by atomic mass is 10.2. The van der Waals surface area contributed by atoms with Gasteiger partial charge < -0.3 is 14.6 Å². The minimum Gasteiger partial charge on any atom is -0.497 e. The molecule has 3 heteroatoms. The predicted octanol–water partition coefficient (Wildman–Crippen LogP) is 2.76. The first-order valence-electron chi connectivity index (χ1n) is 6.15. The van der Waals surface area contributed by atoms with E-state index in [1.165, 1.54) is 0 Å². The number of hydrogen-bond donors (Lipinski definition) is 1. The summed E-state index contributed by atoms with van der Waals surface area (Å²) in [6, 6.07) is 7.76. The summed E-state index contributed by atoms with van der Waals surface area (Å²) in [5.74, 6) is 0.844. The van der Waals surface area contributed by atoms with Gasteiger partial charge in [-0.05, 0) is 24.1 Å². The Hall–Kier alpha value is -1.06. The molecular weight excluding hydrogens is 216 g/mol. The fraction of sp³-hybridized carbons (Fsp3) is 0.571. The van der Waals surface area contributed by atoms with E-state index in [9.17, 15) is 5.11 Å². The third-order valence-electron chi connectivity index (χ3n) is 2.63. The zero-order valence-corrected chi connectivity index (χ0v) is 10.7. The van der Waals surface area contributed by atoms with E-state index in [0.717, 1.165) is 30.6 Å². The molecule has 0 fully saturated rings. The zero-order valence-electron chi connectivity index (χ0n) is 10.7. The van der Waals surface area contributed by atoms with Crippen molar-refractivity contribution in [3.8, 4) is 5.75 Å². The lowest BCUT2D eigenvalue weighted by molar-refractivity contribution is 0.0236. The van der Waals surface area contributed by atoms with Crippen LogP contribution in [-0.4, -0.2) is 24.9 Å². The molecule has 96 valence electrons. The number of methoxy groups -OCH3 is 1. The third-order valence-corrected chi connectivity index (χ3v) is 2.63. The minimum absolute atomic E-state index is 0.340. The van der Waals surface area contributed by atoms with E-state index < -0.39 is 0 Å². The van der Waals surface area contributed by atoms with E-state index in [1.54, 1.807) is 7.11 Å². The Labute approximate surface area is 103 Å². The summed E-state index contributed by atoms with van der Waals surface area (Å²) in [7, 11) is 1.65. The summed E-state index contributed by atoms with van der Waals surface area (Å²) in [6.07, 6.45) is 2.63. The first-order valence-corrected chi connectivity index (χ1v) is 6.15. The Morgan fingerprint density at radius 3 is 2.53 bits per heavy atom. The van der Waals surface area contributed by atoms with Crippen LogP contribution < -0.4 is 4.74 Å². The largest absolute Gasteiger partial charge is 0.497 e. The van der Waals surface area contributed by atoms with Crippen LogP contribution in [0.15, 0.2) is 24.3 Å². The topological polar surface area (TPSA) is 38.7 Å². The van der Waals surface area contributed by atoms with Crippen molar-refractivity contribution in [2.45, 2.75) is 38.9 Å². The quantitative estimate of drug-likeness (QED) is 0.757. The van der Waals surface area contributed by atoms with Gasteiger partial charge >= 0.3 is 0 Å². The minimum atomic E-state index is -0.340. The van der Waals surface area contributed by atoms with Crippen LogP contribution >= 0.6 is 0 Å². The number of benzene rings is 1. The molecule has 17 heavy (non-hydrogen) atoms. The molecule has 0 spiro atoms. The molecule has 0 radical (unpaired) electrons.